The largest absolute Gasteiger partial charge is 0.457 e. The molecule has 0 atom stereocenters. The molecular formula is C22H15F3N4O. The molecule has 150 valence electrons. The van der Waals surface area contributed by atoms with Gasteiger partial charge in [0.1, 0.15) is 17.2 Å². The maximum Gasteiger partial charge on any atom is 0.416 e. The number of benzene rings is 3. The van der Waals surface area contributed by atoms with E-state index < -0.39 is 11.7 Å². The molecule has 5 rings (SSSR count). The number of para-hydroxylation sites is 1. The average Bonchev–Trinajstić information content (AvgIpc) is 3.28. The van der Waals surface area contributed by atoms with Gasteiger partial charge in [0.05, 0.1) is 22.1 Å². The number of nitrogens with zero attached hydrogens (tertiary/aromatic N) is 3. The highest BCUT2D eigenvalue weighted by Crippen LogP contribution is 2.34. The average molecular weight is 408 g/mol. The van der Waals surface area contributed by atoms with Gasteiger partial charge in [0.2, 0.25) is 0 Å². The Kier molecular flexibility index (Phi) is 4.02. The Labute approximate surface area is 168 Å². The number of H-pyrrole nitrogens is 1. The number of imidazole rings is 1. The molecule has 3 aromatic carbocycles. The lowest BCUT2D eigenvalue weighted by Crippen LogP contribution is -2.04. The second-order valence-corrected chi connectivity index (χ2v) is 6.89. The van der Waals surface area contributed by atoms with Crippen molar-refractivity contribution >= 4 is 21.9 Å². The normalized spacial score (nSPS) is 12.0. The SMILES string of the molecule is Cn1c(-c2n[nH]c3ccc(Oc4ccccc4)cc23)nc2cc(C(F)(F)F)ccc21. The van der Waals surface area contributed by atoms with Crippen LogP contribution < -0.4 is 4.74 Å². The van der Waals surface area contributed by atoms with E-state index in [4.69, 9.17) is 4.74 Å². The molecule has 1 N–H and O–H groups in total. The number of aryl methyl sites for hydroxylation is 1. The molecule has 0 radical (unpaired) electrons. The third-order valence-corrected chi connectivity index (χ3v) is 4.93. The Hall–Kier alpha value is -3.81. The van der Waals surface area contributed by atoms with Crippen LogP contribution in [-0.2, 0) is 13.2 Å². The van der Waals surface area contributed by atoms with Crippen LogP contribution in [0.5, 0.6) is 11.5 Å². The zero-order valence-corrected chi connectivity index (χ0v) is 15.7. The minimum Gasteiger partial charge on any atom is -0.457 e. The number of aromatic nitrogens is 4. The summed E-state index contributed by atoms with van der Waals surface area (Å²) < 4.78 is 46.8. The van der Waals surface area contributed by atoms with Crippen LogP contribution in [0, 0.1) is 0 Å². The van der Waals surface area contributed by atoms with Gasteiger partial charge in [-0.15, -0.1) is 0 Å². The molecule has 0 spiro atoms. The standard InChI is InChI=1S/C22H15F3N4O/c1-29-19-10-7-13(22(23,24)25)11-18(19)26-21(29)20-16-12-15(8-9-17(16)27-28-20)30-14-5-3-2-4-6-14/h2-12H,1H3,(H,27,28). The van der Waals surface area contributed by atoms with Crippen LogP contribution in [0.25, 0.3) is 33.5 Å². The smallest absolute Gasteiger partial charge is 0.416 e. The summed E-state index contributed by atoms with van der Waals surface area (Å²) >= 11 is 0. The van der Waals surface area contributed by atoms with Crippen molar-refractivity contribution in [2.45, 2.75) is 6.18 Å². The van der Waals surface area contributed by atoms with Gasteiger partial charge in [0.25, 0.3) is 0 Å². The summed E-state index contributed by atoms with van der Waals surface area (Å²) in [7, 11) is 1.75. The number of rotatable bonds is 3. The van der Waals surface area contributed by atoms with Gasteiger partial charge in [0, 0.05) is 12.4 Å². The summed E-state index contributed by atoms with van der Waals surface area (Å²) in [5.74, 6) is 1.78. The maximum absolute atomic E-state index is 13.1. The number of hydrogen-bond donors (Lipinski definition) is 1. The second kappa shape index (κ2) is 6.62. The predicted molar refractivity (Wildman–Crippen MR) is 107 cm³/mol. The zero-order chi connectivity index (χ0) is 20.9. The molecule has 2 aromatic heterocycles. The molecule has 5 aromatic rings. The molecule has 0 aliphatic carbocycles. The quantitative estimate of drug-likeness (QED) is 0.403. The van der Waals surface area contributed by atoms with E-state index in [-0.39, 0.29) is 5.52 Å². The molecule has 0 aliphatic rings. The number of alkyl halides is 3. The first-order valence-corrected chi connectivity index (χ1v) is 9.15. The monoisotopic (exact) mass is 408 g/mol. The molecule has 0 unspecified atom stereocenters. The number of hydrogen-bond acceptors (Lipinski definition) is 3. The first-order chi connectivity index (χ1) is 14.4. The third-order valence-electron chi connectivity index (χ3n) is 4.93. The van der Waals surface area contributed by atoms with E-state index in [1.165, 1.54) is 6.07 Å². The Morgan fingerprint density at radius 3 is 2.50 bits per heavy atom. The Morgan fingerprint density at radius 1 is 0.933 bits per heavy atom. The topological polar surface area (TPSA) is 55.7 Å². The lowest BCUT2D eigenvalue weighted by Gasteiger charge is -2.06. The van der Waals surface area contributed by atoms with Crippen molar-refractivity contribution in [3.8, 4) is 23.0 Å². The van der Waals surface area contributed by atoms with Crippen molar-refractivity contribution in [3.63, 3.8) is 0 Å². The van der Waals surface area contributed by atoms with E-state index in [1.54, 1.807) is 11.6 Å². The van der Waals surface area contributed by atoms with Crippen LogP contribution in [0.3, 0.4) is 0 Å². The van der Waals surface area contributed by atoms with Crippen molar-refractivity contribution in [2.24, 2.45) is 7.05 Å². The molecule has 0 bridgehead atoms. The van der Waals surface area contributed by atoms with Gasteiger partial charge in [-0.25, -0.2) is 4.98 Å². The van der Waals surface area contributed by atoms with Crippen LogP contribution in [0.15, 0.2) is 66.7 Å². The van der Waals surface area contributed by atoms with Gasteiger partial charge in [-0.3, -0.25) is 5.10 Å². The summed E-state index contributed by atoms with van der Waals surface area (Å²) in [6.45, 7) is 0. The number of ether oxygens (including phenoxy) is 1. The summed E-state index contributed by atoms with van der Waals surface area (Å²) in [5.41, 5.74) is 1.43. The van der Waals surface area contributed by atoms with Crippen LogP contribution in [0.2, 0.25) is 0 Å². The minimum atomic E-state index is -4.42. The highest BCUT2D eigenvalue weighted by molar-refractivity contribution is 5.94. The van der Waals surface area contributed by atoms with Gasteiger partial charge < -0.3 is 9.30 Å². The fourth-order valence-corrected chi connectivity index (χ4v) is 3.44. The Morgan fingerprint density at radius 2 is 1.73 bits per heavy atom. The van der Waals surface area contributed by atoms with Crippen molar-refractivity contribution in [2.75, 3.05) is 0 Å². The van der Waals surface area contributed by atoms with Crippen molar-refractivity contribution in [1.29, 1.82) is 0 Å². The fourth-order valence-electron chi connectivity index (χ4n) is 3.44. The molecule has 30 heavy (non-hydrogen) atoms. The molecule has 0 saturated heterocycles. The molecular weight excluding hydrogens is 393 g/mol. The maximum atomic E-state index is 13.1. The highest BCUT2D eigenvalue weighted by atomic mass is 19.4. The van der Waals surface area contributed by atoms with Crippen LogP contribution >= 0.6 is 0 Å². The Balaban J connectivity index is 1.61. The van der Waals surface area contributed by atoms with Gasteiger partial charge in [-0.05, 0) is 48.5 Å². The highest BCUT2D eigenvalue weighted by Gasteiger charge is 2.31. The summed E-state index contributed by atoms with van der Waals surface area (Å²) in [6.07, 6.45) is -4.42. The molecule has 5 nitrogen and oxygen atoms in total. The van der Waals surface area contributed by atoms with Gasteiger partial charge in [0.15, 0.2) is 5.82 Å². The number of aromatic amines is 1. The van der Waals surface area contributed by atoms with Crippen molar-refractivity contribution in [1.82, 2.24) is 19.7 Å². The summed E-state index contributed by atoms with van der Waals surface area (Å²) in [6, 6.07) is 18.4. The number of fused-ring (bicyclic) bond motifs is 2. The summed E-state index contributed by atoms with van der Waals surface area (Å²) in [4.78, 5) is 4.43. The van der Waals surface area contributed by atoms with E-state index in [1.807, 2.05) is 48.5 Å². The second-order valence-electron chi connectivity index (χ2n) is 6.89. The molecule has 0 aliphatic heterocycles. The minimum absolute atomic E-state index is 0.259. The lowest BCUT2D eigenvalue weighted by molar-refractivity contribution is -0.137. The lowest BCUT2D eigenvalue weighted by atomic mass is 10.2. The Bertz CT molecular complexity index is 1370. The van der Waals surface area contributed by atoms with E-state index >= 15 is 0 Å². The van der Waals surface area contributed by atoms with E-state index in [2.05, 4.69) is 15.2 Å². The number of nitrogens with one attached hydrogen (secondary N) is 1. The fraction of sp³-hybridized carbons (Fsp3) is 0.0909. The molecule has 0 fully saturated rings. The van der Waals surface area contributed by atoms with Gasteiger partial charge in [-0.2, -0.15) is 18.3 Å². The van der Waals surface area contributed by atoms with Gasteiger partial charge in [-0.1, -0.05) is 18.2 Å². The molecule has 0 amide bonds. The number of halogens is 3. The van der Waals surface area contributed by atoms with Crippen LogP contribution in [-0.4, -0.2) is 19.7 Å². The zero-order valence-electron chi connectivity index (χ0n) is 15.7. The first kappa shape index (κ1) is 18.2. The van der Waals surface area contributed by atoms with Crippen LogP contribution in [0.4, 0.5) is 13.2 Å². The molecule has 0 saturated carbocycles. The van der Waals surface area contributed by atoms with E-state index in [0.717, 1.165) is 23.0 Å². The van der Waals surface area contributed by atoms with Crippen LogP contribution in [0.1, 0.15) is 5.56 Å². The van der Waals surface area contributed by atoms with Crippen molar-refractivity contribution < 1.29 is 17.9 Å². The predicted octanol–water partition coefficient (Wildman–Crippen LogP) is 5.93. The van der Waals surface area contributed by atoms with E-state index in [9.17, 15) is 13.2 Å². The first-order valence-electron chi connectivity index (χ1n) is 9.15. The molecule has 8 heteroatoms. The van der Waals surface area contributed by atoms with Crippen molar-refractivity contribution in [3.05, 3.63) is 72.3 Å². The third kappa shape index (κ3) is 3.06. The molecule has 2 heterocycles. The summed E-state index contributed by atoms with van der Waals surface area (Å²) in [5, 5.41) is 8.06. The van der Waals surface area contributed by atoms with E-state index in [0.29, 0.717) is 28.5 Å². The van der Waals surface area contributed by atoms with Gasteiger partial charge >= 0.3 is 6.18 Å².